The van der Waals surface area contributed by atoms with Gasteiger partial charge in [-0.2, -0.15) is 0 Å². The molecule has 3 heteroatoms. The summed E-state index contributed by atoms with van der Waals surface area (Å²) in [4.78, 5) is 9.94. The van der Waals surface area contributed by atoms with Gasteiger partial charge in [0, 0.05) is 29.2 Å². The second-order valence-electron chi connectivity index (χ2n) is 11.5. The fourth-order valence-electron chi connectivity index (χ4n) is 6.85. The quantitative estimate of drug-likeness (QED) is 0.196. The van der Waals surface area contributed by atoms with Gasteiger partial charge in [-0.25, -0.2) is 4.98 Å². The Kier molecular flexibility index (Phi) is 5.82. The largest absolute Gasteiger partial charge is 0.292 e. The van der Waals surface area contributed by atoms with Crippen LogP contribution < -0.4 is 0 Å². The summed E-state index contributed by atoms with van der Waals surface area (Å²) in [5.41, 5.74) is 8.79. The van der Waals surface area contributed by atoms with Crippen molar-refractivity contribution in [3.63, 3.8) is 0 Å². The standard InChI is InChI=1S/C42H27N3/c1-2-14-33(15-3-1)45-39-21-11-10-20-38(39)44-42(45)32-25-31(26-43-27-32)41-36-18-8-6-16-34(36)40(35-17-7-9-19-37(35)41)30-23-22-28-12-4-5-13-29(28)24-30/h1-27H. The minimum absolute atomic E-state index is 0.873. The highest BCUT2D eigenvalue weighted by atomic mass is 15.1. The lowest BCUT2D eigenvalue weighted by Gasteiger charge is -2.18. The van der Waals surface area contributed by atoms with Crippen LogP contribution in [0.5, 0.6) is 0 Å². The molecule has 0 aliphatic carbocycles. The molecule has 0 amide bonds. The number of fused-ring (bicyclic) bond motifs is 4. The Morgan fingerprint density at radius 2 is 1.00 bits per heavy atom. The number of para-hydroxylation sites is 3. The second kappa shape index (κ2) is 10.3. The van der Waals surface area contributed by atoms with Crippen molar-refractivity contribution in [1.82, 2.24) is 14.5 Å². The predicted molar refractivity (Wildman–Crippen MR) is 188 cm³/mol. The van der Waals surface area contributed by atoms with Crippen molar-refractivity contribution in [2.75, 3.05) is 0 Å². The van der Waals surface area contributed by atoms with Crippen LogP contribution in [0.3, 0.4) is 0 Å². The van der Waals surface area contributed by atoms with Crippen LogP contribution in [0.1, 0.15) is 0 Å². The maximum absolute atomic E-state index is 5.12. The van der Waals surface area contributed by atoms with Gasteiger partial charge in [0.1, 0.15) is 5.82 Å². The van der Waals surface area contributed by atoms with E-state index in [1.54, 1.807) is 0 Å². The van der Waals surface area contributed by atoms with Gasteiger partial charge in [-0.1, -0.05) is 115 Å². The minimum atomic E-state index is 0.873. The number of pyridine rings is 1. The molecule has 7 aromatic carbocycles. The average Bonchev–Trinajstić information content (AvgIpc) is 3.51. The zero-order chi connectivity index (χ0) is 29.7. The highest BCUT2D eigenvalue weighted by Gasteiger charge is 2.19. The molecule has 0 saturated heterocycles. The molecule has 0 saturated carbocycles. The van der Waals surface area contributed by atoms with Gasteiger partial charge >= 0.3 is 0 Å². The Bertz CT molecular complexity index is 2490. The van der Waals surface area contributed by atoms with Crippen molar-refractivity contribution in [3.8, 4) is 39.3 Å². The van der Waals surface area contributed by atoms with E-state index in [1.165, 1.54) is 49.0 Å². The van der Waals surface area contributed by atoms with Crippen molar-refractivity contribution in [2.24, 2.45) is 0 Å². The molecule has 0 N–H and O–H groups in total. The van der Waals surface area contributed by atoms with E-state index in [1.807, 2.05) is 24.5 Å². The van der Waals surface area contributed by atoms with E-state index in [9.17, 15) is 0 Å². The zero-order valence-electron chi connectivity index (χ0n) is 24.4. The third-order valence-electron chi connectivity index (χ3n) is 8.83. The minimum Gasteiger partial charge on any atom is -0.292 e. The average molecular weight is 574 g/mol. The highest BCUT2D eigenvalue weighted by Crippen LogP contribution is 2.44. The summed E-state index contributed by atoms with van der Waals surface area (Å²) in [5.74, 6) is 0.873. The van der Waals surface area contributed by atoms with E-state index >= 15 is 0 Å². The van der Waals surface area contributed by atoms with Gasteiger partial charge in [-0.15, -0.1) is 0 Å². The fourth-order valence-corrected chi connectivity index (χ4v) is 6.85. The van der Waals surface area contributed by atoms with Crippen LogP contribution >= 0.6 is 0 Å². The van der Waals surface area contributed by atoms with Crippen LogP contribution in [-0.4, -0.2) is 14.5 Å². The van der Waals surface area contributed by atoms with Crippen molar-refractivity contribution in [1.29, 1.82) is 0 Å². The van der Waals surface area contributed by atoms with Crippen LogP contribution in [0.15, 0.2) is 164 Å². The number of hydrogen-bond acceptors (Lipinski definition) is 2. The SMILES string of the molecule is c1ccc(-n2c(-c3cncc(-c4c5ccccc5c(-c5ccc6ccccc6c5)c5ccccc45)c3)nc3ccccc32)cc1. The number of aromatic nitrogens is 3. The first-order valence-corrected chi connectivity index (χ1v) is 15.2. The van der Waals surface area contributed by atoms with Crippen molar-refractivity contribution < 1.29 is 0 Å². The molecule has 9 aromatic rings. The summed E-state index contributed by atoms with van der Waals surface area (Å²) in [6.45, 7) is 0. The molecule has 210 valence electrons. The summed E-state index contributed by atoms with van der Waals surface area (Å²) in [7, 11) is 0. The molecular formula is C42H27N3. The first-order chi connectivity index (χ1) is 22.3. The first kappa shape index (κ1) is 25.4. The maximum atomic E-state index is 5.12. The molecule has 0 aliphatic rings. The third kappa shape index (κ3) is 4.13. The van der Waals surface area contributed by atoms with Gasteiger partial charge in [0.15, 0.2) is 0 Å². The van der Waals surface area contributed by atoms with Crippen LogP contribution in [-0.2, 0) is 0 Å². The Morgan fingerprint density at radius 1 is 0.422 bits per heavy atom. The molecule has 0 atom stereocenters. The van der Waals surface area contributed by atoms with Crippen LogP contribution in [0.4, 0.5) is 0 Å². The summed E-state index contributed by atoms with van der Waals surface area (Å²) in [6.07, 6.45) is 3.92. The van der Waals surface area contributed by atoms with Crippen molar-refractivity contribution >= 4 is 43.4 Å². The molecule has 0 unspecified atom stereocenters. The molecule has 2 heterocycles. The molecule has 0 radical (unpaired) electrons. The monoisotopic (exact) mass is 573 g/mol. The van der Waals surface area contributed by atoms with Gasteiger partial charge < -0.3 is 0 Å². The molecule has 0 fully saturated rings. The van der Waals surface area contributed by atoms with Gasteiger partial charge in [-0.05, 0) is 85.4 Å². The molecule has 0 aliphatic heterocycles. The number of hydrogen-bond donors (Lipinski definition) is 0. The number of benzene rings is 7. The summed E-state index contributed by atoms with van der Waals surface area (Å²) < 4.78 is 2.23. The Morgan fingerprint density at radius 3 is 1.73 bits per heavy atom. The molecule has 2 aromatic heterocycles. The van der Waals surface area contributed by atoms with Crippen LogP contribution in [0.25, 0.3) is 82.7 Å². The van der Waals surface area contributed by atoms with Crippen LogP contribution in [0, 0.1) is 0 Å². The van der Waals surface area contributed by atoms with Crippen molar-refractivity contribution in [2.45, 2.75) is 0 Å². The van der Waals surface area contributed by atoms with Crippen LogP contribution in [0.2, 0.25) is 0 Å². The van der Waals surface area contributed by atoms with Gasteiger partial charge in [-0.3, -0.25) is 9.55 Å². The van der Waals surface area contributed by atoms with Crippen molar-refractivity contribution in [3.05, 3.63) is 164 Å². The Balaban J connectivity index is 1.31. The smallest absolute Gasteiger partial charge is 0.147 e. The fraction of sp³-hybridized carbons (Fsp3) is 0. The second-order valence-corrected chi connectivity index (χ2v) is 11.5. The van der Waals surface area contributed by atoms with E-state index in [0.29, 0.717) is 0 Å². The third-order valence-corrected chi connectivity index (χ3v) is 8.83. The molecular weight excluding hydrogens is 546 g/mol. The van der Waals surface area contributed by atoms with E-state index in [2.05, 4.69) is 144 Å². The lowest BCUT2D eigenvalue weighted by atomic mass is 9.86. The number of rotatable bonds is 4. The Labute approximate surface area is 260 Å². The number of nitrogens with zero attached hydrogens (tertiary/aromatic N) is 3. The lowest BCUT2D eigenvalue weighted by molar-refractivity contribution is 1.10. The molecule has 0 bridgehead atoms. The predicted octanol–water partition coefficient (Wildman–Crippen LogP) is 10.9. The molecule has 9 rings (SSSR count). The summed E-state index contributed by atoms with van der Waals surface area (Å²) >= 11 is 0. The Hall–Kier alpha value is -6.06. The topological polar surface area (TPSA) is 30.7 Å². The van der Waals surface area contributed by atoms with E-state index < -0.39 is 0 Å². The lowest BCUT2D eigenvalue weighted by Crippen LogP contribution is -1.98. The molecule has 45 heavy (non-hydrogen) atoms. The first-order valence-electron chi connectivity index (χ1n) is 15.2. The maximum Gasteiger partial charge on any atom is 0.147 e. The molecule has 3 nitrogen and oxygen atoms in total. The normalized spacial score (nSPS) is 11.6. The van der Waals surface area contributed by atoms with Gasteiger partial charge in [0.05, 0.1) is 11.0 Å². The van der Waals surface area contributed by atoms with Gasteiger partial charge in [0.25, 0.3) is 0 Å². The number of imidazole rings is 1. The molecule has 0 spiro atoms. The van der Waals surface area contributed by atoms with E-state index in [0.717, 1.165) is 33.7 Å². The van der Waals surface area contributed by atoms with E-state index in [-0.39, 0.29) is 0 Å². The van der Waals surface area contributed by atoms with E-state index in [4.69, 9.17) is 9.97 Å². The summed E-state index contributed by atoms with van der Waals surface area (Å²) in [6, 6.07) is 53.9. The zero-order valence-corrected chi connectivity index (χ0v) is 24.4. The highest BCUT2D eigenvalue weighted by molar-refractivity contribution is 6.21. The summed E-state index contributed by atoms with van der Waals surface area (Å²) in [5, 5.41) is 7.35. The van der Waals surface area contributed by atoms with Gasteiger partial charge in [0.2, 0.25) is 0 Å².